The summed E-state index contributed by atoms with van der Waals surface area (Å²) >= 11 is 0. The fraction of sp³-hybridized carbons (Fsp3) is 0.444. The summed E-state index contributed by atoms with van der Waals surface area (Å²) in [5.74, 6) is 0.0351. The molecule has 1 atom stereocenters. The number of amides is 1. The highest BCUT2D eigenvalue weighted by molar-refractivity contribution is 5.83. The number of carbonyl (C=O) groups is 1. The van der Waals surface area contributed by atoms with Crippen LogP contribution in [0, 0.1) is 5.82 Å². The Kier molecular flexibility index (Phi) is 4.94. The minimum atomic E-state index is -0.588. The minimum absolute atomic E-state index is 0.0341. The molecule has 0 unspecified atom stereocenters. The van der Waals surface area contributed by atoms with E-state index in [0.29, 0.717) is 24.6 Å². The molecule has 1 saturated heterocycles. The van der Waals surface area contributed by atoms with Crippen LogP contribution in [-0.4, -0.2) is 53.1 Å². The lowest BCUT2D eigenvalue weighted by atomic mass is 9.92. The molecule has 2 heterocycles. The van der Waals surface area contributed by atoms with E-state index < -0.39 is 6.04 Å². The molecule has 24 heavy (non-hydrogen) atoms. The largest absolute Gasteiger partial charge is 0.341 e. The molecule has 0 saturated carbocycles. The lowest BCUT2D eigenvalue weighted by Crippen LogP contribution is -2.44. The van der Waals surface area contributed by atoms with E-state index in [4.69, 9.17) is 0 Å². The zero-order valence-electron chi connectivity index (χ0n) is 14.1. The summed E-state index contributed by atoms with van der Waals surface area (Å²) in [6.07, 6.45) is 3.55. The van der Waals surface area contributed by atoms with Crippen molar-refractivity contribution >= 4 is 5.91 Å². The molecule has 1 N–H and O–H groups in total. The second-order valence-electron chi connectivity index (χ2n) is 6.50. The second-order valence-corrected chi connectivity index (χ2v) is 6.50. The molecule has 5 nitrogen and oxygen atoms in total. The number of benzene rings is 1. The van der Waals surface area contributed by atoms with Gasteiger partial charge in [0.15, 0.2) is 0 Å². The van der Waals surface area contributed by atoms with Crippen LogP contribution >= 0.6 is 0 Å². The molecule has 128 valence electrons. The Morgan fingerprint density at radius 1 is 1.29 bits per heavy atom. The molecular formula is C18H23FN4O. The van der Waals surface area contributed by atoms with Crippen LogP contribution in [0.4, 0.5) is 4.39 Å². The molecule has 6 heteroatoms. The first-order chi connectivity index (χ1) is 11.6. The highest BCUT2D eigenvalue weighted by Gasteiger charge is 2.32. The number of halogens is 1. The molecule has 0 spiro atoms. The number of aromatic amines is 1. The van der Waals surface area contributed by atoms with Gasteiger partial charge in [-0.3, -0.25) is 14.8 Å². The van der Waals surface area contributed by atoms with Gasteiger partial charge in [-0.05, 0) is 39.1 Å². The summed E-state index contributed by atoms with van der Waals surface area (Å²) in [5.41, 5.74) is 1.56. The number of nitrogens with one attached hydrogen (secondary N) is 1. The summed E-state index contributed by atoms with van der Waals surface area (Å²) in [6.45, 7) is 1.36. The van der Waals surface area contributed by atoms with Gasteiger partial charge >= 0.3 is 0 Å². The van der Waals surface area contributed by atoms with Crippen molar-refractivity contribution < 1.29 is 9.18 Å². The zero-order chi connectivity index (χ0) is 17.1. The Labute approximate surface area is 141 Å². The summed E-state index contributed by atoms with van der Waals surface area (Å²) in [5, 5.41) is 7.01. The number of aromatic nitrogens is 2. The van der Waals surface area contributed by atoms with Gasteiger partial charge in [0.2, 0.25) is 5.91 Å². The number of rotatable bonds is 4. The molecule has 1 fully saturated rings. The SMILES string of the molecule is CN(C)[C@H](C(=O)N1CCC(c2ccn[nH]2)CC1)c1ccccc1F. The van der Waals surface area contributed by atoms with E-state index in [1.807, 2.05) is 25.1 Å². The fourth-order valence-corrected chi connectivity index (χ4v) is 3.41. The summed E-state index contributed by atoms with van der Waals surface area (Å²) in [4.78, 5) is 16.6. The number of likely N-dealkylation sites (N-methyl/N-ethyl adjacent to an activating group) is 1. The summed E-state index contributed by atoms with van der Waals surface area (Å²) in [6, 6.07) is 7.91. The second kappa shape index (κ2) is 7.13. The lowest BCUT2D eigenvalue weighted by Gasteiger charge is -2.35. The third-order valence-electron chi connectivity index (χ3n) is 4.72. The van der Waals surface area contributed by atoms with E-state index in [-0.39, 0.29) is 11.7 Å². The molecule has 3 rings (SSSR count). The van der Waals surface area contributed by atoms with Crippen LogP contribution in [-0.2, 0) is 4.79 Å². The van der Waals surface area contributed by atoms with Crippen LogP contribution in [0.5, 0.6) is 0 Å². The molecule has 1 aliphatic rings. The Morgan fingerprint density at radius 2 is 2.00 bits per heavy atom. The monoisotopic (exact) mass is 330 g/mol. The molecular weight excluding hydrogens is 307 g/mol. The number of H-pyrrole nitrogens is 1. The quantitative estimate of drug-likeness (QED) is 0.937. The van der Waals surface area contributed by atoms with Crippen molar-refractivity contribution in [3.63, 3.8) is 0 Å². The lowest BCUT2D eigenvalue weighted by molar-refractivity contribution is -0.137. The Bertz CT molecular complexity index is 678. The molecule has 1 aromatic carbocycles. The van der Waals surface area contributed by atoms with Gasteiger partial charge in [0.1, 0.15) is 11.9 Å². The average Bonchev–Trinajstić information content (AvgIpc) is 3.11. The van der Waals surface area contributed by atoms with E-state index in [1.54, 1.807) is 29.3 Å². The van der Waals surface area contributed by atoms with Gasteiger partial charge in [0.25, 0.3) is 0 Å². The molecule has 1 aromatic heterocycles. The maximum absolute atomic E-state index is 14.2. The summed E-state index contributed by atoms with van der Waals surface area (Å²) in [7, 11) is 3.62. The first-order valence-electron chi connectivity index (χ1n) is 8.27. The van der Waals surface area contributed by atoms with Crippen molar-refractivity contribution in [3.05, 3.63) is 53.6 Å². The van der Waals surface area contributed by atoms with Crippen LogP contribution in [0.2, 0.25) is 0 Å². The van der Waals surface area contributed by atoms with Crippen molar-refractivity contribution in [1.82, 2.24) is 20.0 Å². The van der Waals surface area contributed by atoms with Gasteiger partial charge in [-0.1, -0.05) is 18.2 Å². The Morgan fingerprint density at radius 3 is 2.58 bits per heavy atom. The average molecular weight is 330 g/mol. The maximum Gasteiger partial charge on any atom is 0.244 e. The van der Waals surface area contributed by atoms with Crippen molar-refractivity contribution in [2.45, 2.75) is 24.8 Å². The van der Waals surface area contributed by atoms with E-state index in [0.717, 1.165) is 18.5 Å². The molecule has 0 bridgehead atoms. The first kappa shape index (κ1) is 16.6. The molecule has 1 amide bonds. The van der Waals surface area contributed by atoms with Gasteiger partial charge in [-0.25, -0.2) is 4.39 Å². The first-order valence-corrected chi connectivity index (χ1v) is 8.27. The fourth-order valence-electron chi connectivity index (χ4n) is 3.41. The van der Waals surface area contributed by atoms with Crippen molar-refractivity contribution in [1.29, 1.82) is 0 Å². The Hall–Kier alpha value is -2.21. The van der Waals surface area contributed by atoms with Crippen LogP contribution in [0.15, 0.2) is 36.5 Å². The van der Waals surface area contributed by atoms with E-state index in [1.165, 1.54) is 6.07 Å². The molecule has 1 aliphatic heterocycles. The van der Waals surface area contributed by atoms with E-state index in [9.17, 15) is 9.18 Å². The summed E-state index contributed by atoms with van der Waals surface area (Å²) < 4.78 is 14.2. The predicted molar refractivity (Wildman–Crippen MR) is 90.0 cm³/mol. The van der Waals surface area contributed by atoms with Gasteiger partial charge in [0.05, 0.1) is 0 Å². The van der Waals surface area contributed by atoms with Gasteiger partial charge in [-0.2, -0.15) is 5.10 Å². The van der Waals surface area contributed by atoms with Crippen LogP contribution in [0.25, 0.3) is 0 Å². The maximum atomic E-state index is 14.2. The highest BCUT2D eigenvalue weighted by atomic mass is 19.1. The number of hydrogen-bond donors (Lipinski definition) is 1. The molecule has 0 aliphatic carbocycles. The van der Waals surface area contributed by atoms with Crippen molar-refractivity contribution in [3.8, 4) is 0 Å². The number of hydrogen-bond acceptors (Lipinski definition) is 3. The van der Waals surface area contributed by atoms with Crippen LogP contribution in [0.3, 0.4) is 0 Å². The number of likely N-dealkylation sites (tertiary alicyclic amines) is 1. The standard InChI is InChI=1S/C18H23FN4O/c1-22(2)17(14-5-3-4-6-15(14)19)18(24)23-11-8-13(9-12-23)16-7-10-20-21-16/h3-7,10,13,17H,8-9,11-12H2,1-2H3,(H,20,21)/t17-/m0/s1. The predicted octanol–water partition coefficient (Wildman–Crippen LogP) is 2.56. The van der Waals surface area contributed by atoms with Crippen molar-refractivity contribution in [2.75, 3.05) is 27.2 Å². The smallest absolute Gasteiger partial charge is 0.244 e. The molecule has 2 aromatic rings. The molecule has 0 radical (unpaired) electrons. The third kappa shape index (κ3) is 3.33. The zero-order valence-corrected chi connectivity index (χ0v) is 14.1. The van der Waals surface area contributed by atoms with Crippen LogP contribution < -0.4 is 0 Å². The van der Waals surface area contributed by atoms with Gasteiger partial charge < -0.3 is 4.90 Å². The van der Waals surface area contributed by atoms with E-state index >= 15 is 0 Å². The normalized spacial score (nSPS) is 17.2. The van der Waals surface area contributed by atoms with E-state index in [2.05, 4.69) is 10.2 Å². The van der Waals surface area contributed by atoms with Crippen molar-refractivity contribution in [2.24, 2.45) is 0 Å². The number of carbonyl (C=O) groups excluding carboxylic acids is 1. The number of nitrogens with zero attached hydrogens (tertiary/aromatic N) is 3. The van der Waals surface area contributed by atoms with Gasteiger partial charge in [0, 0.05) is 36.5 Å². The Balaban J connectivity index is 1.72. The minimum Gasteiger partial charge on any atom is -0.341 e. The topological polar surface area (TPSA) is 52.2 Å². The van der Waals surface area contributed by atoms with Gasteiger partial charge in [-0.15, -0.1) is 0 Å². The number of piperidine rings is 1. The third-order valence-corrected chi connectivity index (χ3v) is 4.72. The highest BCUT2D eigenvalue weighted by Crippen LogP contribution is 2.29. The van der Waals surface area contributed by atoms with Crippen LogP contribution in [0.1, 0.15) is 36.1 Å².